The van der Waals surface area contributed by atoms with E-state index in [2.05, 4.69) is 11.3 Å². The van der Waals surface area contributed by atoms with E-state index in [-0.39, 0.29) is 6.04 Å². The van der Waals surface area contributed by atoms with E-state index in [1.165, 1.54) is 6.07 Å². The Balaban J connectivity index is 2.95. The largest absolute Gasteiger partial charge is 0.271 e. The Bertz CT molecular complexity index is 358. The number of hydrogen-bond donors (Lipinski definition) is 2. The maximum absolute atomic E-state index is 12.8. The first kappa shape index (κ1) is 10.6. The first-order valence-electron chi connectivity index (χ1n) is 4.03. The monoisotopic (exact) mass is 196 g/mol. The smallest absolute Gasteiger partial charge is 0.159 e. The Labute approximate surface area is 81.1 Å². The van der Waals surface area contributed by atoms with E-state index in [0.717, 1.165) is 12.1 Å². The minimum Gasteiger partial charge on any atom is -0.271 e. The maximum Gasteiger partial charge on any atom is 0.159 e. The van der Waals surface area contributed by atoms with Gasteiger partial charge in [-0.15, -0.1) is 12.3 Å². The predicted molar refractivity (Wildman–Crippen MR) is 49.9 cm³/mol. The molecule has 74 valence electrons. The van der Waals surface area contributed by atoms with Gasteiger partial charge in [0.1, 0.15) is 0 Å². The first-order chi connectivity index (χ1) is 6.69. The molecule has 0 heterocycles. The molecule has 1 aromatic carbocycles. The molecule has 0 aliphatic carbocycles. The SMILES string of the molecule is C#CCC(NN)c1ccc(F)c(F)c1. The molecule has 0 amide bonds. The summed E-state index contributed by atoms with van der Waals surface area (Å²) in [4.78, 5) is 0. The van der Waals surface area contributed by atoms with Crippen molar-refractivity contribution >= 4 is 0 Å². The summed E-state index contributed by atoms with van der Waals surface area (Å²) < 4.78 is 25.4. The highest BCUT2D eigenvalue weighted by atomic mass is 19.2. The summed E-state index contributed by atoms with van der Waals surface area (Å²) in [5, 5.41) is 0. The van der Waals surface area contributed by atoms with Gasteiger partial charge in [0.15, 0.2) is 11.6 Å². The number of nitrogens with one attached hydrogen (secondary N) is 1. The summed E-state index contributed by atoms with van der Waals surface area (Å²) >= 11 is 0. The van der Waals surface area contributed by atoms with Crippen molar-refractivity contribution in [2.75, 3.05) is 0 Å². The molecular formula is C10H10F2N2. The Morgan fingerprint density at radius 1 is 1.43 bits per heavy atom. The lowest BCUT2D eigenvalue weighted by Gasteiger charge is -2.13. The molecule has 2 nitrogen and oxygen atoms in total. The van der Waals surface area contributed by atoms with Crippen LogP contribution < -0.4 is 11.3 Å². The van der Waals surface area contributed by atoms with Gasteiger partial charge in [-0.1, -0.05) is 6.07 Å². The van der Waals surface area contributed by atoms with Gasteiger partial charge in [-0.25, -0.2) is 8.78 Å². The van der Waals surface area contributed by atoms with Gasteiger partial charge in [0.05, 0.1) is 6.04 Å². The highest BCUT2D eigenvalue weighted by molar-refractivity contribution is 5.22. The molecule has 1 aromatic rings. The van der Waals surface area contributed by atoms with Gasteiger partial charge in [0.25, 0.3) is 0 Å². The molecule has 0 saturated carbocycles. The first-order valence-corrected chi connectivity index (χ1v) is 4.03. The molecule has 0 bridgehead atoms. The van der Waals surface area contributed by atoms with Gasteiger partial charge in [-0.2, -0.15) is 0 Å². The molecule has 0 saturated heterocycles. The number of hydrazine groups is 1. The summed E-state index contributed by atoms with van der Waals surface area (Å²) in [7, 11) is 0. The number of benzene rings is 1. The van der Waals surface area contributed by atoms with Crippen molar-refractivity contribution in [1.29, 1.82) is 0 Å². The van der Waals surface area contributed by atoms with Crippen molar-refractivity contribution in [3.8, 4) is 12.3 Å². The van der Waals surface area contributed by atoms with Crippen LogP contribution in [0.4, 0.5) is 8.78 Å². The molecule has 0 fully saturated rings. The fourth-order valence-corrected chi connectivity index (χ4v) is 1.12. The molecule has 1 rings (SSSR count). The Morgan fingerprint density at radius 3 is 2.64 bits per heavy atom. The van der Waals surface area contributed by atoms with E-state index in [1.54, 1.807) is 0 Å². The number of rotatable bonds is 3. The van der Waals surface area contributed by atoms with Crippen LogP contribution in [-0.2, 0) is 0 Å². The van der Waals surface area contributed by atoms with Gasteiger partial charge in [-0.05, 0) is 17.7 Å². The van der Waals surface area contributed by atoms with Gasteiger partial charge in [0, 0.05) is 6.42 Å². The van der Waals surface area contributed by atoms with Crippen LogP contribution in [0, 0.1) is 24.0 Å². The zero-order valence-corrected chi connectivity index (χ0v) is 7.43. The molecule has 0 aliphatic heterocycles. The molecule has 14 heavy (non-hydrogen) atoms. The maximum atomic E-state index is 12.8. The highest BCUT2D eigenvalue weighted by Crippen LogP contribution is 2.17. The minimum atomic E-state index is -0.903. The number of nitrogens with two attached hydrogens (primary N) is 1. The molecule has 4 heteroatoms. The Morgan fingerprint density at radius 2 is 2.14 bits per heavy atom. The van der Waals surface area contributed by atoms with Gasteiger partial charge in [-0.3, -0.25) is 11.3 Å². The van der Waals surface area contributed by atoms with Crippen LogP contribution in [0.25, 0.3) is 0 Å². The predicted octanol–water partition coefficient (Wildman–Crippen LogP) is 1.49. The third-order valence-corrected chi connectivity index (χ3v) is 1.87. The summed E-state index contributed by atoms with van der Waals surface area (Å²) in [5.41, 5.74) is 2.97. The number of halogens is 2. The lowest BCUT2D eigenvalue weighted by Crippen LogP contribution is -2.27. The quantitative estimate of drug-likeness (QED) is 0.436. The van der Waals surface area contributed by atoms with Crippen LogP contribution in [0.3, 0.4) is 0 Å². The summed E-state index contributed by atoms with van der Waals surface area (Å²) in [6, 6.07) is 3.22. The van der Waals surface area contributed by atoms with Crippen LogP contribution >= 0.6 is 0 Å². The summed E-state index contributed by atoms with van der Waals surface area (Å²) in [5.74, 6) is 5.82. The second-order valence-electron chi connectivity index (χ2n) is 2.80. The molecule has 0 aliphatic rings. The van der Waals surface area contributed by atoms with E-state index in [9.17, 15) is 8.78 Å². The van der Waals surface area contributed by atoms with Crippen molar-refractivity contribution in [2.24, 2.45) is 5.84 Å². The molecule has 3 N–H and O–H groups in total. The van der Waals surface area contributed by atoms with E-state index in [0.29, 0.717) is 12.0 Å². The van der Waals surface area contributed by atoms with Gasteiger partial charge < -0.3 is 0 Å². The van der Waals surface area contributed by atoms with Crippen LogP contribution in [-0.4, -0.2) is 0 Å². The van der Waals surface area contributed by atoms with Crippen molar-refractivity contribution in [3.63, 3.8) is 0 Å². The van der Waals surface area contributed by atoms with E-state index >= 15 is 0 Å². The topological polar surface area (TPSA) is 38.0 Å². The minimum absolute atomic E-state index is 0.321. The van der Waals surface area contributed by atoms with Crippen LogP contribution in [0.2, 0.25) is 0 Å². The van der Waals surface area contributed by atoms with Crippen molar-refractivity contribution in [3.05, 3.63) is 35.4 Å². The van der Waals surface area contributed by atoms with Crippen molar-refractivity contribution in [1.82, 2.24) is 5.43 Å². The zero-order valence-electron chi connectivity index (χ0n) is 7.43. The van der Waals surface area contributed by atoms with Gasteiger partial charge >= 0.3 is 0 Å². The molecule has 1 atom stereocenters. The number of hydrogen-bond acceptors (Lipinski definition) is 2. The Kier molecular flexibility index (Phi) is 3.57. The van der Waals surface area contributed by atoms with Crippen LogP contribution in [0.1, 0.15) is 18.0 Å². The average Bonchev–Trinajstić information content (AvgIpc) is 2.19. The summed E-state index contributed by atoms with van der Waals surface area (Å²) in [6.07, 6.45) is 5.42. The molecule has 0 aromatic heterocycles. The highest BCUT2D eigenvalue weighted by Gasteiger charge is 2.10. The van der Waals surface area contributed by atoms with Gasteiger partial charge in [0.2, 0.25) is 0 Å². The Hall–Kier alpha value is -1.44. The third-order valence-electron chi connectivity index (χ3n) is 1.87. The van der Waals surface area contributed by atoms with E-state index in [4.69, 9.17) is 12.3 Å². The second kappa shape index (κ2) is 4.70. The molecule has 0 radical (unpaired) electrons. The molecule has 1 unspecified atom stereocenters. The fourth-order valence-electron chi connectivity index (χ4n) is 1.12. The number of terminal acetylenes is 1. The third kappa shape index (κ3) is 2.28. The van der Waals surface area contributed by atoms with E-state index < -0.39 is 11.6 Å². The standard InChI is InChI=1S/C10H10F2N2/c1-2-3-10(14-13)7-4-5-8(11)9(12)6-7/h1,4-6,10,14H,3,13H2. The second-order valence-corrected chi connectivity index (χ2v) is 2.80. The molecule has 0 spiro atoms. The lowest BCUT2D eigenvalue weighted by molar-refractivity contribution is 0.499. The fraction of sp³-hybridized carbons (Fsp3) is 0.200. The van der Waals surface area contributed by atoms with Crippen molar-refractivity contribution < 1.29 is 8.78 Å². The zero-order chi connectivity index (χ0) is 10.6. The van der Waals surface area contributed by atoms with E-state index in [1.807, 2.05) is 0 Å². The van der Waals surface area contributed by atoms with Crippen LogP contribution in [0.15, 0.2) is 18.2 Å². The lowest BCUT2D eigenvalue weighted by atomic mass is 10.0. The molecular weight excluding hydrogens is 186 g/mol. The van der Waals surface area contributed by atoms with Crippen molar-refractivity contribution in [2.45, 2.75) is 12.5 Å². The normalized spacial score (nSPS) is 12.1. The van der Waals surface area contributed by atoms with Crippen LogP contribution in [0.5, 0.6) is 0 Å². The average molecular weight is 196 g/mol. The summed E-state index contributed by atoms with van der Waals surface area (Å²) in [6.45, 7) is 0.